The van der Waals surface area contributed by atoms with E-state index in [4.69, 9.17) is 0 Å². The Hall–Kier alpha value is -3.74. The number of pyridine rings is 1. The van der Waals surface area contributed by atoms with Gasteiger partial charge in [0.25, 0.3) is 0 Å². The van der Waals surface area contributed by atoms with E-state index in [1.165, 1.54) is 5.56 Å². The highest BCUT2D eigenvalue weighted by Gasteiger charge is 2.15. The van der Waals surface area contributed by atoms with Gasteiger partial charge in [-0.15, -0.1) is 5.10 Å². The molecular formula is C21H19N7. The van der Waals surface area contributed by atoms with E-state index in [1.807, 2.05) is 60.9 Å². The number of nitrogens with one attached hydrogen (secondary N) is 1. The van der Waals surface area contributed by atoms with Crippen molar-refractivity contribution in [3.63, 3.8) is 0 Å². The van der Waals surface area contributed by atoms with Gasteiger partial charge in [-0.1, -0.05) is 35.5 Å². The maximum Gasteiger partial charge on any atom is 0.137 e. The minimum atomic E-state index is 0.108. The van der Waals surface area contributed by atoms with Crippen LogP contribution in [0.5, 0.6) is 0 Å². The average molecular weight is 369 g/mol. The Kier molecular flexibility index (Phi) is 3.79. The fourth-order valence-electron chi connectivity index (χ4n) is 3.42. The molecule has 0 radical (unpaired) electrons. The van der Waals surface area contributed by atoms with Gasteiger partial charge in [0, 0.05) is 47.7 Å². The van der Waals surface area contributed by atoms with E-state index in [1.54, 1.807) is 4.68 Å². The van der Waals surface area contributed by atoms with Crippen LogP contribution in [0.3, 0.4) is 0 Å². The third-order valence-corrected chi connectivity index (χ3v) is 5.03. The zero-order valence-electron chi connectivity index (χ0n) is 15.6. The first kappa shape index (κ1) is 16.4. The Balaban J connectivity index is 1.54. The lowest BCUT2D eigenvalue weighted by molar-refractivity contribution is 0.543. The van der Waals surface area contributed by atoms with Crippen molar-refractivity contribution < 1.29 is 0 Å². The summed E-state index contributed by atoms with van der Waals surface area (Å²) in [7, 11) is 1.91. The predicted molar refractivity (Wildman–Crippen MR) is 108 cm³/mol. The molecule has 1 aromatic carbocycles. The number of hydrogen-bond acceptors (Lipinski definition) is 4. The first-order valence-electron chi connectivity index (χ1n) is 9.12. The van der Waals surface area contributed by atoms with Gasteiger partial charge in [-0.25, -0.2) is 9.67 Å². The smallest absolute Gasteiger partial charge is 0.137 e. The van der Waals surface area contributed by atoms with Gasteiger partial charge in [0.2, 0.25) is 0 Å². The summed E-state index contributed by atoms with van der Waals surface area (Å²) in [5.74, 6) is 0. The van der Waals surface area contributed by atoms with Crippen LogP contribution in [0.2, 0.25) is 0 Å². The van der Waals surface area contributed by atoms with Gasteiger partial charge in [-0.3, -0.25) is 4.68 Å². The Bertz CT molecular complexity index is 1250. The zero-order chi connectivity index (χ0) is 19.1. The zero-order valence-corrected chi connectivity index (χ0v) is 15.6. The van der Waals surface area contributed by atoms with E-state index >= 15 is 0 Å². The molecule has 0 saturated heterocycles. The summed E-state index contributed by atoms with van der Waals surface area (Å²) < 4.78 is 3.68. The van der Waals surface area contributed by atoms with Gasteiger partial charge in [0.05, 0.1) is 18.4 Å². The SMILES string of the molecule is CC(c1ccccc1)n1cc(-c2c[nH]c3ncc(-c4cnn(C)c4)cc23)nn1. The molecule has 0 fully saturated rings. The third-order valence-electron chi connectivity index (χ3n) is 5.03. The number of fused-ring (bicyclic) bond motifs is 1. The highest BCUT2D eigenvalue weighted by Crippen LogP contribution is 2.30. The first-order valence-corrected chi connectivity index (χ1v) is 9.12. The number of aryl methyl sites for hydroxylation is 1. The molecule has 0 saturated carbocycles. The Morgan fingerprint density at radius 2 is 1.89 bits per heavy atom. The third kappa shape index (κ3) is 2.77. The molecule has 1 atom stereocenters. The van der Waals surface area contributed by atoms with Gasteiger partial charge < -0.3 is 4.98 Å². The monoisotopic (exact) mass is 369 g/mol. The molecule has 7 nitrogen and oxygen atoms in total. The lowest BCUT2D eigenvalue weighted by Gasteiger charge is -2.10. The van der Waals surface area contributed by atoms with E-state index < -0.39 is 0 Å². The van der Waals surface area contributed by atoms with Crippen LogP contribution in [0.25, 0.3) is 33.4 Å². The molecule has 5 rings (SSSR count). The van der Waals surface area contributed by atoms with Crippen molar-refractivity contribution >= 4 is 11.0 Å². The largest absolute Gasteiger partial charge is 0.345 e. The van der Waals surface area contributed by atoms with Gasteiger partial charge in [0.15, 0.2) is 0 Å². The number of benzene rings is 1. The summed E-state index contributed by atoms with van der Waals surface area (Å²) in [5.41, 5.74) is 5.88. The van der Waals surface area contributed by atoms with Crippen LogP contribution in [-0.4, -0.2) is 34.7 Å². The van der Waals surface area contributed by atoms with Crippen LogP contribution in [0.1, 0.15) is 18.5 Å². The van der Waals surface area contributed by atoms with Gasteiger partial charge in [-0.05, 0) is 18.6 Å². The Morgan fingerprint density at radius 3 is 2.68 bits per heavy atom. The van der Waals surface area contributed by atoms with Gasteiger partial charge in [0.1, 0.15) is 11.3 Å². The second-order valence-corrected chi connectivity index (χ2v) is 6.90. The maximum absolute atomic E-state index is 4.55. The normalized spacial score (nSPS) is 12.5. The molecule has 28 heavy (non-hydrogen) atoms. The van der Waals surface area contributed by atoms with Crippen LogP contribution in [0, 0.1) is 0 Å². The second-order valence-electron chi connectivity index (χ2n) is 6.90. The number of hydrogen-bond donors (Lipinski definition) is 1. The number of H-pyrrole nitrogens is 1. The summed E-state index contributed by atoms with van der Waals surface area (Å²) in [6.07, 6.45) is 9.59. The lowest BCUT2D eigenvalue weighted by Crippen LogP contribution is -2.07. The van der Waals surface area contributed by atoms with Crippen LogP contribution in [0.4, 0.5) is 0 Å². The highest BCUT2D eigenvalue weighted by molar-refractivity contribution is 5.94. The number of rotatable bonds is 4. The topological polar surface area (TPSA) is 77.2 Å². The molecule has 0 aliphatic rings. The summed E-state index contributed by atoms with van der Waals surface area (Å²) in [6.45, 7) is 2.12. The molecule has 5 aromatic rings. The van der Waals surface area contributed by atoms with Crippen molar-refractivity contribution in [3.05, 3.63) is 72.9 Å². The molecular weight excluding hydrogens is 350 g/mol. The number of nitrogens with zero attached hydrogens (tertiary/aromatic N) is 6. The van der Waals surface area contributed by atoms with Crippen LogP contribution in [0.15, 0.2) is 67.4 Å². The Labute approximate surface area is 161 Å². The molecule has 0 bridgehead atoms. The standard InChI is InChI=1S/C21H19N7/c1-14(15-6-4-3-5-7-15)28-13-20(25-26-28)19-11-23-21-18(19)8-16(9-22-21)17-10-24-27(2)12-17/h3-14H,1-2H3,(H,22,23). The number of aromatic amines is 1. The van der Waals surface area contributed by atoms with Crippen molar-refractivity contribution in [3.8, 4) is 22.4 Å². The second kappa shape index (κ2) is 6.45. The molecule has 0 amide bonds. The van der Waals surface area contributed by atoms with Gasteiger partial charge in [-0.2, -0.15) is 5.10 Å². The highest BCUT2D eigenvalue weighted by atomic mass is 15.4. The maximum atomic E-state index is 4.55. The van der Waals surface area contributed by atoms with Crippen molar-refractivity contribution in [1.82, 2.24) is 34.7 Å². The van der Waals surface area contributed by atoms with E-state index in [-0.39, 0.29) is 6.04 Å². The molecule has 0 aliphatic heterocycles. The van der Waals surface area contributed by atoms with E-state index in [0.717, 1.165) is 33.4 Å². The minimum absolute atomic E-state index is 0.108. The van der Waals surface area contributed by atoms with Crippen LogP contribution >= 0.6 is 0 Å². The van der Waals surface area contributed by atoms with Crippen molar-refractivity contribution in [2.24, 2.45) is 7.05 Å². The van der Waals surface area contributed by atoms with E-state index in [9.17, 15) is 0 Å². The van der Waals surface area contributed by atoms with Gasteiger partial charge >= 0.3 is 0 Å². The van der Waals surface area contributed by atoms with Crippen molar-refractivity contribution in [1.29, 1.82) is 0 Å². The molecule has 0 spiro atoms. The molecule has 138 valence electrons. The fraction of sp³-hybridized carbons (Fsp3) is 0.143. The molecule has 1 N–H and O–H groups in total. The van der Waals surface area contributed by atoms with Crippen molar-refractivity contribution in [2.45, 2.75) is 13.0 Å². The van der Waals surface area contributed by atoms with E-state index in [0.29, 0.717) is 0 Å². The fourth-order valence-corrected chi connectivity index (χ4v) is 3.42. The molecule has 1 unspecified atom stereocenters. The quantitative estimate of drug-likeness (QED) is 0.522. The predicted octanol–water partition coefficient (Wildman–Crippen LogP) is 3.83. The summed E-state index contributed by atoms with van der Waals surface area (Å²) in [6, 6.07) is 12.5. The molecule has 0 aliphatic carbocycles. The van der Waals surface area contributed by atoms with Crippen LogP contribution in [-0.2, 0) is 7.05 Å². The first-order chi connectivity index (χ1) is 13.7. The average Bonchev–Trinajstić information content (AvgIpc) is 3.46. The Morgan fingerprint density at radius 1 is 1.04 bits per heavy atom. The molecule has 4 aromatic heterocycles. The van der Waals surface area contributed by atoms with Crippen LogP contribution < -0.4 is 0 Å². The number of aromatic nitrogens is 7. The molecule has 7 heteroatoms. The van der Waals surface area contributed by atoms with Crippen molar-refractivity contribution in [2.75, 3.05) is 0 Å². The van der Waals surface area contributed by atoms with E-state index in [2.05, 4.69) is 50.5 Å². The summed E-state index contributed by atoms with van der Waals surface area (Å²) in [4.78, 5) is 7.79. The summed E-state index contributed by atoms with van der Waals surface area (Å²) >= 11 is 0. The molecule has 4 heterocycles. The minimum Gasteiger partial charge on any atom is -0.345 e. The summed E-state index contributed by atoms with van der Waals surface area (Å²) in [5, 5.41) is 14.0. The lowest BCUT2D eigenvalue weighted by atomic mass is 10.1.